The fourth-order valence-electron chi connectivity index (χ4n) is 2.65. The Bertz CT molecular complexity index is 419. The molecule has 3 heteroatoms. The minimum atomic E-state index is 0.301. The minimum Gasteiger partial charge on any atom is -0.497 e. The second kappa shape index (κ2) is 6.29. The summed E-state index contributed by atoms with van der Waals surface area (Å²) in [5.74, 6) is 2.48. The van der Waals surface area contributed by atoms with Crippen LogP contribution in [0.4, 0.5) is 0 Å². The van der Waals surface area contributed by atoms with E-state index in [9.17, 15) is 0 Å². The molecule has 0 amide bonds. The molecule has 1 N–H and O–H groups in total. The van der Waals surface area contributed by atoms with Crippen molar-refractivity contribution in [1.82, 2.24) is 5.32 Å². The second-order valence-corrected chi connectivity index (χ2v) is 5.29. The Labute approximate surface area is 116 Å². The molecule has 19 heavy (non-hydrogen) atoms. The number of ether oxygens (including phenoxy) is 2. The van der Waals surface area contributed by atoms with Gasteiger partial charge in [-0.05, 0) is 30.7 Å². The van der Waals surface area contributed by atoms with Gasteiger partial charge in [0, 0.05) is 18.0 Å². The molecule has 0 radical (unpaired) electrons. The molecule has 0 saturated carbocycles. The highest BCUT2D eigenvalue weighted by Crippen LogP contribution is 2.39. The number of hydrogen-bond acceptors (Lipinski definition) is 3. The van der Waals surface area contributed by atoms with Crippen molar-refractivity contribution in [3.8, 4) is 11.5 Å². The van der Waals surface area contributed by atoms with Gasteiger partial charge in [0.2, 0.25) is 0 Å². The summed E-state index contributed by atoms with van der Waals surface area (Å²) in [6, 6.07) is 6.46. The van der Waals surface area contributed by atoms with E-state index in [0.29, 0.717) is 18.1 Å². The molecule has 0 aromatic heterocycles. The van der Waals surface area contributed by atoms with E-state index in [0.717, 1.165) is 30.9 Å². The molecule has 3 unspecified atom stereocenters. The fourth-order valence-corrected chi connectivity index (χ4v) is 2.65. The van der Waals surface area contributed by atoms with E-state index < -0.39 is 0 Å². The molecule has 0 saturated heterocycles. The van der Waals surface area contributed by atoms with E-state index >= 15 is 0 Å². The van der Waals surface area contributed by atoms with Crippen LogP contribution in [0.1, 0.15) is 45.2 Å². The van der Waals surface area contributed by atoms with Crippen molar-refractivity contribution in [2.45, 2.75) is 45.8 Å². The summed E-state index contributed by atoms with van der Waals surface area (Å²) in [6.45, 7) is 7.60. The molecule has 0 aliphatic carbocycles. The molecular weight excluding hydrogens is 238 g/mol. The third-order valence-electron chi connectivity index (χ3n) is 4.07. The number of hydrogen-bond donors (Lipinski definition) is 1. The van der Waals surface area contributed by atoms with E-state index in [2.05, 4.69) is 32.2 Å². The fraction of sp³-hybridized carbons (Fsp3) is 0.625. The Morgan fingerprint density at radius 3 is 2.84 bits per heavy atom. The van der Waals surface area contributed by atoms with Gasteiger partial charge in [0.1, 0.15) is 17.6 Å². The molecule has 1 heterocycles. The molecule has 1 aromatic rings. The maximum absolute atomic E-state index is 6.17. The Kier molecular flexibility index (Phi) is 4.70. The van der Waals surface area contributed by atoms with E-state index in [4.69, 9.17) is 9.47 Å². The second-order valence-electron chi connectivity index (χ2n) is 5.29. The van der Waals surface area contributed by atoms with Gasteiger partial charge < -0.3 is 14.8 Å². The first-order chi connectivity index (χ1) is 9.19. The van der Waals surface area contributed by atoms with E-state index in [-0.39, 0.29) is 0 Å². The van der Waals surface area contributed by atoms with Gasteiger partial charge in [-0.2, -0.15) is 0 Å². The first-order valence-electron chi connectivity index (χ1n) is 7.27. The Morgan fingerprint density at radius 1 is 1.42 bits per heavy atom. The summed E-state index contributed by atoms with van der Waals surface area (Å²) in [6.07, 6.45) is 2.48. The summed E-state index contributed by atoms with van der Waals surface area (Å²) in [5.41, 5.74) is 1.22. The standard InChI is InChI=1S/C16H25NO2/c1-5-11(3)16-10-14(17-6-2)13-9-12(18-4)7-8-15(13)19-16/h7-9,11,14,16-17H,5-6,10H2,1-4H3. The maximum Gasteiger partial charge on any atom is 0.124 e. The number of benzene rings is 1. The summed E-state index contributed by atoms with van der Waals surface area (Å²) >= 11 is 0. The average molecular weight is 263 g/mol. The van der Waals surface area contributed by atoms with Gasteiger partial charge in [0.25, 0.3) is 0 Å². The molecule has 0 spiro atoms. The summed E-state index contributed by atoms with van der Waals surface area (Å²) in [4.78, 5) is 0. The van der Waals surface area contributed by atoms with Crippen LogP contribution in [0.3, 0.4) is 0 Å². The summed E-state index contributed by atoms with van der Waals surface area (Å²) in [5, 5.41) is 3.57. The van der Waals surface area contributed by atoms with Crippen LogP contribution in [0, 0.1) is 5.92 Å². The zero-order valence-electron chi connectivity index (χ0n) is 12.4. The van der Waals surface area contributed by atoms with Crippen LogP contribution < -0.4 is 14.8 Å². The molecule has 0 fully saturated rings. The lowest BCUT2D eigenvalue weighted by Crippen LogP contribution is -2.36. The van der Waals surface area contributed by atoms with Gasteiger partial charge in [-0.25, -0.2) is 0 Å². The molecule has 3 nitrogen and oxygen atoms in total. The zero-order valence-corrected chi connectivity index (χ0v) is 12.4. The number of methoxy groups -OCH3 is 1. The van der Waals surface area contributed by atoms with Crippen LogP contribution in [0.25, 0.3) is 0 Å². The highest BCUT2D eigenvalue weighted by Gasteiger charge is 2.30. The topological polar surface area (TPSA) is 30.5 Å². The molecule has 0 bridgehead atoms. The lowest BCUT2D eigenvalue weighted by Gasteiger charge is -2.35. The number of fused-ring (bicyclic) bond motifs is 1. The van der Waals surface area contributed by atoms with Gasteiger partial charge in [0.05, 0.1) is 7.11 Å². The van der Waals surface area contributed by atoms with Gasteiger partial charge >= 0.3 is 0 Å². The number of nitrogens with one attached hydrogen (secondary N) is 1. The number of rotatable bonds is 5. The largest absolute Gasteiger partial charge is 0.497 e. The molecule has 1 aliphatic heterocycles. The van der Waals surface area contributed by atoms with Crippen LogP contribution in [-0.2, 0) is 0 Å². The van der Waals surface area contributed by atoms with Gasteiger partial charge in [-0.3, -0.25) is 0 Å². The van der Waals surface area contributed by atoms with Gasteiger partial charge in [-0.1, -0.05) is 27.2 Å². The summed E-state index contributed by atoms with van der Waals surface area (Å²) in [7, 11) is 1.70. The lowest BCUT2D eigenvalue weighted by atomic mass is 9.89. The highest BCUT2D eigenvalue weighted by molar-refractivity contribution is 5.43. The van der Waals surface area contributed by atoms with Gasteiger partial charge in [-0.15, -0.1) is 0 Å². The SMILES string of the molecule is CCNC1CC(C(C)CC)Oc2ccc(OC)cc21. The first kappa shape index (κ1) is 14.2. The maximum atomic E-state index is 6.17. The lowest BCUT2D eigenvalue weighted by molar-refractivity contribution is 0.0981. The smallest absolute Gasteiger partial charge is 0.124 e. The molecule has 1 aliphatic rings. The van der Waals surface area contributed by atoms with Crippen molar-refractivity contribution < 1.29 is 9.47 Å². The summed E-state index contributed by atoms with van der Waals surface area (Å²) < 4.78 is 11.5. The molecular formula is C16H25NO2. The predicted octanol–water partition coefficient (Wildman–Crippen LogP) is 3.54. The molecule has 2 rings (SSSR count). The first-order valence-corrected chi connectivity index (χ1v) is 7.27. The van der Waals surface area contributed by atoms with Crippen LogP contribution in [0.2, 0.25) is 0 Å². The van der Waals surface area contributed by atoms with Crippen LogP contribution in [0.5, 0.6) is 11.5 Å². The normalized spacial score (nSPS) is 23.4. The highest BCUT2D eigenvalue weighted by atomic mass is 16.5. The minimum absolute atomic E-state index is 0.301. The van der Waals surface area contributed by atoms with Gasteiger partial charge in [0.15, 0.2) is 0 Å². The zero-order chi connectivity index (χ0) is 13.8. The van der Waals surface area contributed by atoms with Crippen molar-refractivity contribution in [3.05, 3.63) is 23.8 Å². The third-order valence-corrected chi connectivity index (χ3v) is 4.07. The van der Waals surface area contributed by atoms with Crippen molar-refractivity contribution in [2.24, 2.45) is 5.92 Å². The average Bonchev–Trinajstić information content (AvgIpc) is 2.46. The van der Waals surface area contributed by atoms with Crippen LogP contribution in [0.15, 0.2) is 18.2 Å². The molecule has 106 valence electrons. The van der Waals surface area contributed by atoms with Crippen LogP contribution in [-0.4, -0.2) is 19.8 Å². The quantitative estimate of drug-likeness (QED) is 0.881. The molecule has 3 atom stereocenters. The predicted molar refractivity (Wildman–Crippen MR) is 77.9 cm³/mol. The van der Waals surface area contributed by atoms with Crippen molar-refractivity contribution >= 4 is 0 Å². The Morgan fingerprint density at radius 2 is 2.21 bits per heavy atom. The molecule has 1 aromatic carbocycles. The van der Waals surface area contributed by atoms with Crippen molar-refractivity contribution in [3.63, 3.8) is 0 Å². The van der Waals surface area contributed by atoms with E-state index in [1.54, 1.807) is 7.11 Å². The Hall–Kier alpha value is -1.22. The third kappa shape index (κ3) is 3.03. The van der Waals surface area contributed by atoms with E-state index in [1.165, 1.54) is 5.56 Å². The van der Waals surface area contributed by atoms with Crippen LogP contribution >= 0.6 is 0 Å². The van der Waals surface area contributed by atoms with Crippen molar-refractivity contribution in [1.29, 1.82) is 0 Å². The Balaban J connectivity index is 2.29. The van der Waals surface area contributed by atoms with Crippen molar-refractivity contribution in [2.75, 3.05) is 13.7 Å². The van der Waals surface area contributed by atoms with E-state index in [1.807, 2.05) is 12.1 Å². The monoisotopic (exact) mass is 263 g/mol.